The summed E-state index contributed by atoms with van der Waals surface area (Å²) in [6.45, 7) is 4.71. The van der Waals surface area contributed by atoms with Gasteiger partial charge in [0.25, 0.3) is 0 Å². The fraction of sp³-hybridized carbons (Fsp3) is 0.0577. The first-order valence-corrected chi connectivity index (χ1v) is 18.8. The van der Waals surface area contributed by atoms with Crippen molar-refractivity contribution in [3.8, 4) is 78.5 Å². The van der Waals surface area contributed by atoms with Crippen LogP contribution in [0, 0.1) is 0 Å². The Kier molecular flexibility index (Phi) is 7.81. The van der Waals surface area contributed by atoms with E-state index >= 15 is 0 Å². The van der Waals surface area contributed by atoms with E-state index in [0.717, 1.165) is 44.9 Å². The molecule has 0 N–H and O–H groups in total. The summed E-state index contributed by atoms with van der Waals surface area (Å²) < 4.78 is 0. The van der Waals surface area contributed by atoms with E-state index in [1.807, 2.05) is 42.6 Å². The van der Waals surface area contributed by atoms with Crippen molar-refractivity contribution < 1.29 is 0 Å². The molecular formula is C52H37N3. The summed E-state index contributed by atoms with van der Waals surface area (Å²) in [6, 6.07) is 64.6. The molecule has 0 saturated carbocycles. The molecule has 9 aromatic rings. The van der Waals surface area contributed by atoms with Gasteiger partial charge in [0.05, 0.1) is 17.1 Å². The van der Waals surface area contributed by atoms with E-state index in [1.54, 1.807) is 0 Å². The molecule has 1 aliphatic carbocycles. The van der Waals surface area contributed by atoms with Crippen molar-refractivity contribution in [3.63, 3.8) is 0 Å². The van der Waals surface area contributed by atoms with E-state index in [0.29, 0.717) is 5.82 Å². The summed E-state index contributed by atoms with van der Waals surface area (Å²) in [6.07, 6.45) is 1.91. The predicted molar refractivity (Wildman–Crippen MR) is 228 cm³/mol. The van der Waals surface area contributed by atoms with Crippen LogP contribution in [-0.4, -0.2) is 15.0 Å². The highest BCUT2D eigenvalue weighted by Gasteiger charge is 2.37. The van der Waals surface area contributed by atoms with Crippen LogP contribution in [0.1, 0.15) is 25.0 Å². The maximum absolute atomic E-state index is 5.07. The molecule has 260 valence electrons. The smallest absolute Gasteiger partial charge is 0.160 e. The molecule has 1 aliphatic rings. The SMILES string of the molecule is CC1(C)c2cccc(-c3cccc(-c4ccc(-c5cc(-c6ccc(-c7ccccc7)nc6)nc(-c6ccccc6)n5)cc4)c3)c2-c2c1ccc1ccccc21. The zero-order valence-electron chi connectivity index (χ0n) is 30.7. The van der Waals surface area contributed by atoms with Gasteiger partial charge in [-0.3, -0.25) is 4.98 Å². The van der Waals surface area contributed by atoms with Gasteiger partial charge in [0, 0.05) is 33.9 Å². The molecule has 0 aliphatic heterocycles. The van der Waals surface area contributed by atoms with Crippen LogP contribution in [0.15, 0.2) is 188 Å². The van der Waals surface area contributed by atoms with Crippen molar-refractivity contribution in [2.24, 2.45) is 0 Å². The number of pyridine rings is 1. The Morgan fingerprint density at radius 3 is 1.75 bits per heavy atom. The standard InChI is InChI=1S/C52H37N3/c1-52(2)44-22-12-21-43(50(44)49-42-20-10-9-13-35(42)27-29-45(49)52)40-19-11-18-39(31-40)34-23-25-37(26-24-34)47-32-48(55-51(54-47)38-16-7-4-8-17-38)41-28-30-46(53-33-41)36-14-5-3-6-15-36/h3-33H,1-2H3. The molecule has 2 aromatic heterocycles. The van der Waals surface area contributed by atoms with Crippen LogP contribution in [0.25, 0.3) is 89.3 Å². The van der Waals surface area contributed by atoms with Crippen LogP contribution in [-0.2, 0) is 5.41 Å². The molecule has 2 heterocycles. The Hall–Kier alpha value is -6.97. The lowest BCUT2D eigenvalue weighted by Gasteiger charge is -2.21. The number of benzene rings is 7. The van der Waals surface area contributed by atoms with Crippen molar-refractivity contribution in [1.82, 2.24) is 15.0 Å². The number of nitrogens with zero attached hydrogens (tertiary/aromatic N) is 3. The molecular weight excluding hydrogens is 667 g/mol. The number of hydrogen-bond donors (Lipinski definition) is 0. The lowest BCUT2D eigenvalue weighted by atomic mass is 9.81. The molecule has 7 aromatic carbocycles. The molecule has 0 bridgehead atoms. The van der Waals surface area contributed by atoms with E-state index in [1.165, 1.54) is 49.7 Å². The summed E-state index contributed by atoms with van der Waals surface area (Å²) in [5, 5.41) is 2.59. The molecule has 0 fully saturated rings. The zero-order valence-corrected chi connectivity index (χ0v) is 30.7. The van der Waals surface area contributed by atoms with Gasteiger partial charge in [-0.15, -0.1) is 0 Å². The van der Waals surface area contributed by atoms with Gasteiger partial charge in [-0.1, -0.05) is 172 Å². The van der Waals surface area contributed by atoms with Gasteiger partial charge in [0.2, 0.25) is 0 Å². The van der Waals surface area contributed by atoms with Gasteiger partial charge >= 0.3 is 0 Å². The Labute approximate surface area is 321 Å². The molecule has 0 spiro atoms. The van der Waals surface area contributed by atoms with Gasteiger partial charge in [0.1, 0.15) is 0 Å². The lowest BCUT2D eigenvalue weighted by Crippen LogP contribution is -2.14. The quantitative estimate of drug-likeness (QED) is 0.173. The molecule has 3 nitrogen and oxygen atoms in total. The molecule has 0 saturated heterocycles. The Morgan fingerprint density at radius 1 is 0.382 bits per heavy atom. The van der Waals surface area contributed by atoms with Crippen LogP contribution in [0.4, 0.5) is 0 Å². The van der Waals surface area contributed by atoms with Crippen LogP contribution in [0.3, 0.4) is 0 Å². The van der Waals surface area contributed by atoms with Gasteiger partial charge in [0.15, 0.2) is 5.82 Å². The minimum absolute atomic E-state index is 0.0818. The first kappa shape index (κ1) is 32.7. The second kappa shape index (κ2) is 13.2. The van der Waals surface area contributed by atoms with Crippen molar-refractivity contribution in [1.29, 1.82) is 0 Å². The van der Waals surface area contributed by atoms with Crippen molar-refractivity contribution in [2.45, 2.75) is 19.3 Å². The van der Waals surface area contributed by atoms with Crippen LogP contribution < -0.4 is 0 Å². The summed E-state index contributed by atoms with van der Waals surface area (Å²) in [5.74, 6) is 0.685. The second-order valence-electron chi connectivity index (χ2n) is 14.8. The Bertz CT molecular complexity index is 2860. The number of hydrogen-bond acceptors (Lipinski definition) is 3. The first-order chi connectivity index (χ1) is 27.0. The van der Waals surface area contributed by atoms with Gasteiger partial charge in [-0.25, -0.2) is 9.97 Å². The van der Waals surface area contributed by atoms with Crippen molar-refractivity contribution in [2.75, 3.05) is 0 Å². The third kappa shape index (κ3) is 5.73. The van der Waals surface area contributed by atoms with Gasteiger partial charge in [-0.05, 0) is 79.5 Å². The Morgan fingerprint density at radius 2 is 0.982 bits per heavy atom. The van der Waals surface area contributed by atoms with E-state index in [2.05, 4.69) is 159 Å². The third-order valence-electron chi connectivity index (χ3n) is 11.2. The highest BCUT2D eigenvalue weighted by Crippen LogP contribution is 2.54. The fourth-order valence-electron chi connectivity index (χ4n) is 8.27. The fourth-order valence-corrected chi connectivity index (χ4v) is 8.27. The van der Waals surface area contributed by atoms with E-state index in [9.17, 15) is 0 Å². The highest BCUT2D eigenvalue weighted by atomic mass is 14.9. The summed E-state index contributed by atoms with van der Waals surface area (Å²) in [4.78, 5) is 14.9. The normalized spacial score (nSPS) is 12.7. The molecule has 10 rings (SSSR count). The minimum atomic E-state index is -0.0818. The molecule has 0 amide bonds. The predicted octanol–water partition coefficient (Wildman–Crippen LogP) is 13.3. The summed E-state index contributed by atoms with van der Waals surface area (Å²) in [7, 11) is 0. The zero-order chi connectivity index (χ0) is 36.9. The second-order valence-corrected chi connectivity index (χ2v) is 14.8. The molecule has 0 unspecified atom stereocenters. The van der Waals surface area contributed by atoms with Crippen molar-refractivity contribution >= 4 is 10.8 Å². The first-order valence-electron chi connectivity index (χ1n) is 18.8. The summed E-state index contributed by atoms with van der Waals surface area (Å²) in [5.41, 5.74) is 16.9. The topological polar surface area (TPSA) is 38.7 Å². The lowest BCUT2D eigenvalue weighted by molar-refractivity contribution is 0.661. The summed E-state index contributed by atoms with van der Waals surface area (Å²) >= 11 is 0. The third-order valence-corrected chi connectivity index (χ3v) is 11.2. The maximum atomic E-state index is 5.07. The van der Waals surface area contributed by atoms with Gasteiger partial charge < -0.3 is 0 Å². The molecule has 0 radical (unpaired) electrons. The molecule has 55 heavy (non-hydrogen) atoms. The van der Waals surface area contributed by atoms with Crippen molar-refractivity contribution in [3.05, 3.63) is 199 Å². The van der Waals surface area contributed by atoms with E-state index in [-0.39, 0.29) is 5.41 Å². The van der Waals surface area contributed by atoms with E-state index in [4.69, 9.17) is 15.0 Å². The van der Waals surface area contributed by atoms with Gasteiger partial charge in [-0.2, -0.15) is 0 Å². The number of aromatic nitrogens is 3. The maximum Gasteiger partial charge on any atom is 0.160 e. The van der Waals surface area contributed by atoms with Crippen LogP contribution in [0.5, 0.6) is 0 Å². The van der Waals surface area contributed by atoms with E-state index < -0.39 is 0 Å². The number of fused-ring (bicyclic) bond motifs is 5. The number of rotatable bonds is 6. The largest absolute Gasteiger partial charge is 0.256 e. The highest BCUT2D eigenvalue weighted by molar-refractivity contribution is 6.06. The Balaban J connectivity index is 1.02. The molecule has 0 atom stereocenters. The average Bonchev–Trinajstić information content (AvgIpc) is 3.50. The van der Waals surface area contributed by atoms with Crippen LogP contribution in [0.2, 0.25) is 0 Å². The molecule has 3 heteroatoms. The average molecular weight is 704 g/mol. The minimum Gasteiger partial charge on any atom is -0.256 e. The monoisotopic (exact) mass is 703 g/mol. The van der Waals surface area contributed by atoms with Crippen LogP contribution >= 0.6 is 0 Å².